The van der Waals surface area contributed by atoms with E-state index in [4.69, 9.17) is 9.84 Å². The fourth-order valence-electron chi connectivity index (χ4n) is 2.77. The Labute approximate surface area is 199 Å². The third kappa shape index (κ3) is 7.33. The molecule has 2 aromatic carbocycles. The Bertz CT molecular complexity index is 1130. The standard InChI is InChI=1S/C23H23N3O5S2/c1-14(33-18-8-6-16(7-9-18)24-20(27)10-11-21(28)29)22(30)26-23-25-19(13-32-23)15-4-3-5-17(12-15)31-2/h3-9,12-14H,10-11H2,1-2H3,(H,24,27)(H,28,29)(H,25,26,30). The van der Waals surface area contributed by atoms with E-state index in [1.807, 2.05) is 29.6 Å². The number of amides is 2. The molecule has 0 saturated heterocycles. The third-order valence-corrected chi connectivity index (χ3v) is 6.36. The molecule has 0 bridgehead atoms. The number of hydrogen-bond donors (Lipinski definition) is 3. The van der Waals surface area contributed by atoms with Gasteiger partial charge in [-0.15, -0.1) is 23.1 Å². The van der Waals surface area contributed by atoms with Gasteiger partial charge in [-0.2, -0.15) is 0 Å². The van der Waals surface area contributed by atoms with Gasteiger partial charge < -0.3 is 20.5 Å². The van der Waals surface area contributed by atoms with E-state index >= 15 is 0 Å². The number of nitrogens with one attached hydrogen (secondary N) is 2. The zero-order chi connectivity index (χ0) is 23.8. The molecule has 0 aliphatic carbocycles. The van der Waals surface area contributed by atoms with Crippen LogP contribution in [0.4, 0.5) is 10.8 Å². The van der Waals surface area contributed by atoms with Gasteiger partial charge in [0.05, 0.1) is 24.5 Å². The monoisotopic (exact) mass is 485 g/mol. The maximum Gasteiger partial charge on any atom is 0.303 e. The summed E-state index contributed by atoms with van der Waals surface area (Å²) in [7, 11) is 1.61. The largest absolute Gasteiger partial charge is 0.497 e. The van der Waals surface area contributed by atoms with Gasteiger partial charge in [-0.1, -0.05) is 12.1 Å². The summed E-state index contributed by atoms with van der Waals surface area (Å²) in [6, 6.07) is 14.6. The van der Waals surface area contributed by atoms with Gasteiger partial charge in [0.2, 0.25) is 11.8 Å². The van der Waals surface area contributed by atoms with Crippen LogP contribution in [0.3, 0.4) is 0 Å². The first kappa shape index (κ1) is 24.3. The summed E-state index contributed by atoms with van der Waals surface area (Å²) in [6.45, 7) is 1.80. The molecule has 1 heterocycles. The van der Waals surface area contributed by atoms with Crippen molar-refractivity contribution in [2.75, 3.05) is 17.7 Å². The van der Waals surface area contributed by atoms with Gasteiger partial charge in [0.15, 0.2) is 5.13 Å². The molecule has 8 nitrogen and oxygen atoms in total. The third-order valence-electron chi connectivity index (χ3n) is 4.49. The lowest BCUT2D eigenvalue weighted by molar-refractivity contribution is -0.138. The maximum atomic E-state index is 12.6. The number of thiazole rings is 1. The van der Waals surface area contributed by atoms with Crippen LogP contribution >= 0.6 is 23.1 Å². The second-order valence-corrected chi connectivity index (χ2v) is 9.26. The van der Waals surface area contributed by atoms with Crippen molar-refractivity contribution in [1.82, 2.24) is 4.98 Å². The van der Waals surface area contributed by atoms with E-state index < -0.39 is 5.97 Å². The lowest BCUT2D eigenvalue weighted by Gasteiger charge is -2.11. The van der Waals surface area contributed by atoms with Crippen LogP contribution < -0.4 is 15.4 Å². The highest BCUT2D eigenvalue weighted by atomic mass is 32.2. The molecule has 10 heteroatoms. The molecule has 1 atom stereocenters. The number of ether oxygens (including phenoxy) is 1. The van der Waals surface area contributed by atoms with Crippen molar-refractivity contribution in [2.45, 2.75) is 29.9 Å². The van der Waals surface area contributed by atoms with E-state index in [2.05, 4.69) is 15.6 Å². The zero-order valence-corrected chi connectivity index (χ0v) is 19.7. The van der Waals surface area contributed by atoms with E-state index in [-0.39, 0.29) is 29.9 Å². The number of carboxylic acids is 1. The second-order valence-electron chi connectivity index (χ2n) is 6.99. The Morgan fingerprint density at radius 2 is 1.88 bits per heavy atom. The van der Waals surface area contributed by atoms with Gasteiger partial charge in [0.25, 0.3) is 0 Å². The maximum absolute atomic E-state index is 12.6. The van der Waals surface area contributed by atoms with Crippen LogP contribution in [0, 0.1) is 0 Å². The van der Waals surface area contributed by atoms with Gasteiger partial charge in [-0.3, -0.25) is 14.4 Å². The first-order valence-corrected chi connectivity index (χ1v) is 11.8. The van der Waals surface area contributed by atoms with Crippen LogP contribution in [0.15, 0.2) is 58.8 Å². The lowest BCUT2D eigenvalue weighted by Crippen LogP contribution is -2.22. The van der Waals surface area contributed by atoms with Gasteiger partial charge >= 0.3 is 5.97 Å². The van der Waals surface area contributed by atoms with Crippen LogP contribution in [-0.4, -0.2) is 40.2 Å². The molecule has 2 amide bonds. The molecular weight excluding hydrogens is 462 g/mol. The average Bonchev–Trinajstić information content (AvgIpc) is 3.27. The second kappa shape index (κ2) is 11.5. The molecule has 0 aliphatic rings. The van der Waals surface area contributed by atoms with Crippen LogP contribution in [0.25, 0.3) is 11.3 Å². The summed E-state index contributed by atoms with van der Waals surface area (Å²) >= 11 is 2.73. The summed E-state index contributed by atoms with van der Waals surface area (Å²) in [4.78, 5) is 40.2. The van der Waals surface area contributed by atoms with Gasteiger partial charge in [0, 0.05) is 27.9 Å². The molecule has 3 rings (SSSR count). The highest BCUT2D eigenvalue weighted by Gasteiger charge is 2.17. The van der Waals surface area contributed by atoms with E-state index in [1.54, 1.807) is 38.3 Å². The van der Waals surface area contributed by atoms with Gasteiger partial charge in [0.1, 0.15) is 5.75 Å². The Morgan fingerprint density at radius 3 is 2.58 bits per heavy atom. The predicted octanol–water partition coefficient (Wildman–Crippen LogP) is 4.74. The molecule has 0 fully saturated rings. The number of rotatable bonds is 10. The number of aliphatic carboxylic acids is 1. The van der Waals surface area contributed by atoms with Crippen molar-refractivity contribution in [3.8, 4) is 17.0 Å². The van der Waals surface area contributed by atoms with Gasteiger partial charge in [-0.25, -0.2) is 4.98 Å². The minimum atomic E-state index is -1.02. The number of hydrogen-bond acceptors (Lipinski definition) is 7. The van der Waals surface area contributed by atoms with E-state index in [9.17, 15) is 14.4 Å². The number of benzene rings is 2. The van der Waals surface area contributed by atoms with Crippen LogP contribution in [0.5, 0.6) is 5.75 Å². The molecule has 33 heavy (non-hydrogen) atoms. The fraction of sp³-hybridized carbons (Fsp3) is 0.217. The summed E-state index contributed by atoms with van der Waals surface area (Å²) in [5.41, 5.74) is 2.24. The Morgan fingerprint density at radius 1 is 1.12 bits per heavy atom. The summed E-state index contributed by atoms with van der Waals surface area (Å²) in [6.07, 6.45) is -0.300. The van der Waals surface area contributed by atoms with Crippen molar-refractivity contribution in [1.29, 1.82) is 0 Å². The number of nitrogens with zero attached hydrogens (tertiary/aromatic N) is 1. The van der Waals surface area contributed by atoms with E-state index in [0.29, 0.717) is 10.8 Å². The molecule has 0 saturated carbocycles. The normalized spacial score (nSPS) is 11.5. The lowest BCUT2D eigenvalue weighted by atomic mass is 10.2. The minimum absolute atomic E-state index is 0.0840. The fourth-order valence-corrected chi connectivity index (χ4v) is 4.36. The molecule has 0 aliphatic heterocycles. The Kier molecular flexibility index (Phi) is 8.45. The summed E-state index contributed by atoms with van der Waals surface area (Å²) < 4.78 is 5.24. The molecule has 172 valence electrons. The van der Waals surface area contributed by atoms with Crippen LogP contribution in [-0.2, 0) is 14.4 Å². The van der Waals surface area contributed by atoms with Crippen molar-refractivity contribution in [3.63, 3.8) is 0 Å². The number of thioether (sulfide) groups is 1. The smallest absolute Gasteiger partial charge is 0.303 e. The SMILES string of the molecule is COc1cccc(-c2csc(NC(=O)C(C)Sc3ccc(NC(=O)CCC(=O)O)cc3)n2)c1. The first-order chi connectivity index (χ1) is 15.8. The van der Waals surface area contributed by atoms with Gasteiger partial charge in [-0.05, 0) is 43.3 Å². The first-order valence-electron chi connectivity index (χ1n) is 10.0. The average molecular weight is 486 g/mol. The predicted molar refractivity (Wildman–Crippen MR) is 130 cm³/mol. The number of anilines is 2. The number of aromatic nitrogens is 1. The van der Waals surface area contributed by atoms with Crippen molar-refractivity contribution < 1.29 is 24.2 Å². The number of methoxy groups -OCH3 is 1. The molecule has 0 spiro atoms. The van der Waals surface area contributed by atoms with Crippen molar-refractivity contribution >= 4 is 51.7 Å². The molecule has 3 aromatic rings. The van der Waals surface area contributed by atoms with Crippen molar-refractivity contribution in [3.05, 3.63) is 53.9 Å². The molecule has 0 radical (unpaired) electrons. The summed E-state index contributed by atoms with van der Waals surface area (Å²) in [5, 5.41) is 16.2. The number of carboxylic acid groups (broad SMARTS) is 1. The van der Waals surface area contributed by atoms with E-state index in [1.165, 1.54) is 23.1 Å². The highest BCUT2D eigenvalue weighted by molar-refractivity contribution is 8.00. The van der Waals surface area contributed by atoms with Crippen LogP contribution in [0.1, 0.15) is 19.8 Å². The Hall–Kier alpha value is -3.37. The molecular formula is C23H23N3O5S2. The number of carbonyl (C=O) groups excluding carboxylic acids is 2. The minimum Gasteiger partial charge on any atom is -0.497 e. The molecule has 1 aromatic heterocycles. The zero-order valence-electron chi connectivity index (χ0n) is 18.0. The Balaban J connectivity index is 1.53. The molecule has 3 N–H and O–H groups in total. The van der Waals surface area contributed by atoms with Crippen molar-refractivity contribution in [2.24, 2.45) is 0 Å². The number of carbonyl (C=O) groups is 3. The van der Waals surface area contributed by atoms with E-state index in [0.717, 1.165) is 21.9 Å². The quantitative estimate of drug-likeness (QED) is 0.355. The summed E-state index contributed by atoms with van der Waals surface area (Å²) in [5.74, 6) is -0.805. The topological polar surface area (TPSA) is 118 Å². The van der Waals surface area contributed by atoms with Crippen LogP contribution in [0.2, 0.25) is 0 Å². The highest BCUT2D eigenvalue weighted by Crippen LogP contribution is 2.29. The molecule has 1 unspecified atom stereocenters.